The van der Waals surface area contributed by atoms with Gasteiger partial charge in [-0.15, -0.1) is 11.3 Å². The van der Waals surface area contributed by atoms with Crippen molar-refractivity contribution in [2.45, 2.75) is 31.7 Å². The van der Waals surface area contributed by atoms with E-state index in [9.17, 15) is 4.79 Å². The van der Waals surface area contributed by atoms with Crippen LogP contribution in [0.2, 0.25) is 0 Å². The Hall–Kier alpha value is -2.11. The number of aromatic nitrogens is 1. The van der Waals surface area contributed by atoms with E-state index in [4.69, 9.17) is 0 Å². The summed E-state index contributed by atoms with van der Waals surface area (Å²) in [7, 11) is 4.10. The van der Waals surface area contributed by atoms with Crippen LogP contribution in [0.15, 0.2) is 35.7 Å². The number of nitrogens with zero attached hydrogens (tertiary/aromatic N) is 1. The lowest BCUT2D eigenvalue weighted by Gasteiger charge is -2.23. The number of benzene rings is 1. The number of rotatable bonds is 5. The number of carbonyl (C=O) groups is 1. The summed E-state index contributed by atoms with van der Waals surface area (Å²) in [5, 5.41) is 6.42. The van der Waals surface area contributed by atoms with Crippen LogP contribution in [0.4, 0.5) is 0 Å². The third-order valence-electron chi connectivity index (χ3n) is 5.31. The molecule has 26 heavy (non-hydrogen) atoms. The summed E-state index contributed by atoms with van der Waals surface area (Å²) in [4.78, 5) is 19.7. The largest absolute Gasteiger partial charge is 0.358 e. The van der Waals surface area contributed by atoms with Crippen molar-refractivity contribution in [2.24, 2.45) is 0 Å². The fourth-order valence-electron chi connectivity index (χ4n) is 3.86. The van der Waals surface area contributed by atoms with Gasteiger partial charge in [-0.2, -0.15) is 0 Å². The van der Waals surface area contributed by atoms with Crippen LogP contribution in [-0.4, -0.2) is 36.4 Å². The Morgan fingerprint density at radius 1 is 1.27 bits per heavy atom. The molecule has 0 saturated carbocycles. The number of thiophene rings is 1. The monoisotopic (exact) mass is 367 g/mol. The highest BCUT2D eigenvalue weighted by molar-refractivity contribution is 7.10. The van der Waals surface area contributed by atoms with Crippen molar-refractivity contribution in [3.63, 3.8) is 0 Å². The molecule has 2 N–H and O–H groups in total. The van der Waals surface area contributed by atoms with Crippen molar-refractivity contribution in [2.75, 3.05) is 20.6 Å². The smallest absolute Gasteiger partial charge is 0.251 e. The van der Waals surface area contributed by atoms with E-state index in [-0.39, 0.29) is 11.9 Å². The second-order valence-corrected chi connectivity index (χ2v) is 8.23. The SMILES string of the molecule is CN(C)C(CNC(=O)c1ccc2[nH]c3c(c2c1)CCCC3)c1cccs1. The van der Waals surface area contributed by atoms with Crippen LogP contribution in [0.1, 0.15) is 45.4 Å². The van der Waals surface area contributed by atoms with Gasteiger partial charge in [0.1, 0.15) is 0 Å². The molecule has 2 heterocycles. The number of aromatic amines is 1. The summed E-state index contributed by atoms with van der Waals surface area (Å²) < 4.78 is 0. The molecule has 2 aromatic heterocycles. The number of hydrogen-bond donors (Lipinski definition) is 2. The zero-order valence-electron chi connectivity index (χ0n) is 15.3. The van der Waals surface area contributed by atoms with Gasteiger partial charge in [0, 0.05) is 33.6 Å². The quantitative estimate of drug-likeness (QED) is 0.712. The molecule has 1 aliphatic carbocycles. The van der Waals surface area contributed by atoms with E-state index < -0.39 is 0 Å². The topological polar surface area (TPSA) is 48.1 Å². The zero-order valence-corrected chi connectivity index (χ0v) is 16.2. The van der Waals surface area contributed by atoms with E-state index in [0.29, 0.717) is 6.54 Å². The van der Waals surface area contributed by atoms with Crippen LogP contribution < -0.4 is 5.32 Å². The molecule has 1 aromatic carbocycles. The Kier molecular flexibility index (Phi) is 4.83. The van der Waals surface area contributed by atoms with Gasteiger partial charge in [0.2, 0.25) is 0 Å². The highest BCUT2D eigenvalue weighted by Crippen LogP contribution is 2.30. The minimum atomic E-state index is 0.000987. The number of nitrogens with one attached hydrogen (secondary N) is 2. The van der Waals surface area contributed by atoms with E-state index in [1.165, 1.54) is 34.4 Å². The summed E-state index contributed by atoms with van der Waals surface area (Å²) in [5.74, 6) is 0.000987. The number of amides is 1. The van der Waals surface area contributed by atoms with E-state index in [2.05, 4.69) is 52.9 Å². The lowest BCUT2D eigenvalue weighted by molar-refractivity contribution is 0.0942. The number of likely N-dealkylation sites (N-methyl/N-ethyl adjacent to an activating group) is 1. The summed E-state index contributed by atoms with van der Waals surface area (Å²) >= 11 is 1.73. The fraction of sp³-hybridized carbons (Fsp3) is 0.381. The van der Waals surface area contributed by atoms with Gasteiger partial charge >= 0.3 is 0 Å². The van der Waals surface area contributed by atoms with Gasteiger partial charge in [-0.25, -0.2) is 0 Å². The van der Waals surface area contributed by atoms with Crippen molar-refractivity contribution < 1.29 is 4.79 Å². The van der Waals surface area contributed by atoms with Gasteiger partial charge in [-0.05, 0) is 75.0 Å². The summed E-state index contributed by atoms with van der Waals surface area (Å²) in [6.07, 6.45) is 4.72. The molecule has 4 nitrogen and oxygen atoms in total. The highest BCUT2D eigenvalue weighted by atomic mass is 32.1. The van der Waals surface area contributed by atoms with Gasteiger partial charge in [0.05, 0.1) is 6.04 Å². The first-order valence-corrected chi connectivity index (χ1v) is 10.1. The molecule has 4 rings (SSSR count). The van der Waals surface area contributed by atoms with Crippen LogP contribution in [0.3, 0.4) is 0 Å². The van der Waals surface area contributed by atoms with Crippen LogP contribution >= 0.6 is 11.3 Å². The maximum absolute atomic E-state index is 12.7. The van der Waals surface area contributed by atoms with Gasteiger partial charge in [-0.3, -0.25) is 4.79 Å². The average Bonchev–Trinajstić information content (AvgIpc) is 3.28. The predicted molar refractivity (Wildman–Crippen MR) is 108 cm³/mol. The maximum atomic E-state index is 12.7. The molecule has 136 valence electrons. The van der Waals surface area contributed by atoms with E-state index in [1.807, 2.05) is 12.1 Å². The number of fused-ring (bicyclic) bond motifs is 3. The van der Waals surface area contributed by atoms with Gasteiger partial charge in [-0.1, -0.05) is 6.07 Å². The van der Waals surface area contributed by atoms with E-state index in [1.54, 1.807) is 11.3 Å². The molecule has 0 aliphatic heterocycles. The zero-order chi connectivity index (χ0) is 18.1. The molecule has 0 saturated heterocycles. The van der Waals surface area contributed by atoms with Crippen molar-refractivity contribution in [3.8, 4) is 0 Å². The maximum Gasteiger partial charge on any atom is 0.251 e. The first kappa shape index (κ1) is 17.3. The number of carbonyl (C=O) groups excluding carboxylic acids is 1. The van der Waals surface area contributed by atoms with Gasteiger partial charge < -0.3 is 15.2 Å². The Bertz CT molecular complexity index is 911. The number of hydrogen-bond acceptors (Lipinski definition) is 3. The normalized spacial score (nSPS) is 15.2. The molecule has 1 aliphatic rings. The van der Waals surface area contributed by atoms with Crippen LogP contribution in [0, 0.1) is 0 Å². The molecule has 1 atom stereocenters. The minimum Gasteiger partial charge on any atom is -0.358 e. The first-order valence-electron chi connectivity index (χ1n) is 9.25. The average molecular weight is 368 g/mol. The lowest BCUT2D eigenvalue weighted by Crippen LogP contribution is -2.34. The molecule has 1 unspecified atom stereocenters. The molecular formula is C21H25N3OS. The lowest BCUT2D eigenvalue weighted by atomic mass is 9.95. The molecule has 0 bridgehead atoms. The third-order valence-corrected chi connectivity index (χ3v) is 6.28. The van der Waals surface area contributed by atoms with Crippen LogP contribution in [0.5, 0.6) is 0 Å². The fourth-order valence-corrected chi connectivity index (χ4v) is 4.78. The van der Waals surface area contributed by atoms with Crippen LogP contribution in [0.25, 0.3) is 10.9 Å². The third kappa shape index (κ3) is 3.29. The Balaban J connectivity index is 1.52. The molecular weight excluding hydrogens is 342 g/mol. The van der Waals surface area contributed by atoms with E-state index in [0.717, 1.165) is 23.9 Å². The van der Waals surface area contributed by atoms with Gasteiger partial charge in [0.15, 0.2) is 0 Å². The van der Waals surface area contributed by atoms with Crippen molar-refractivity contribution in [1.82, 2.24) is 15.2 Å². The first-order chi connectivity index (χ1) is 12.6. The molecule has 0 radical (unpaired) electrons. The molecule has 0 spiro atoms. The van der Waals surface area contributed by atoms with Crippen molar-refractivity contribution in [3.05, 3.63) is 57.4 Å². The molecule has 1 amide bonds. The Morgan fingerprint density at radius 3 is 2.88 bits per heavy atom. The Morgan fingerprint density at radius 2 is 2.12 bits per heavy atom. The number of H-pyrrole nitrogens is 1. The molecule has 5 heteroatoms. The van der Waals surface area contributed by atoms with E-state index >= 15 is 0 Å². The second-order valence-electron chi connectivity index (χ2n) is 7.25. The highest BCUT2D eigenvalue weighted by Gasteiger charge is 2.19. The standard InChI is InChI=1S/C21H25N3OS/c1-24(2)19(20-8-5-11-26-20)13-22-21(25)14-9-10-18-16(12-14)15-6-3-4-7-17(15)23-18/h5,8-12,19,23H,3-4,6-7,13H2,1-2H3,(H,22,25). The summed E-state index contributed by atoms with van der Waals surface area (Å²) in [5.41, 5.74) is 4.66. The van der Waals surface area contributed by atoms with Crippen molar-refractivity contribution >= 4 is 28.1 Å². The summed E-state index contributed by atoms with van der Waals surface area (Å²) in [6.45, 7) is 0.607. The van der Waals surface area contributed by atoms with Crippen LogP contribution in [-0.2, 0) is 12.8 Å². The minimum absolute atomic E-state index is 0.000987. The second kappa shape index (κ2) is 7.25. The van der Waals surface area contributed by atoms with Gasteiger partial charge in [0.25, 0.3) is 5.91 Å². The molecule has 0 fully saturated rings. The van der Waals surface area contributed by atoms with Crippen molar-refractivity contribution in [1.29, 1.82) is 0 Å². The number of aryl methyl sites for hydroxylation is 2. The molecule has 3 aromatic rings. The summed E-state index contributed by atoms with van der Waals surface area (Å²) in [6, 6.07) is 10.4. The predicted octanol–water partition coefficient (Wildman–Crippen LogP) is 4.14. The Labute approximate surface area is 158 Å².